The summed E-state index contributed by atoms with van der Waals surface area (Å²) < 4.78 is 1.63. The molecule has 2 N–H and O–H groups in total. The van der Waals surface area contributed by atoms with Gasteiger partial charge in [-0.2, -0.15) is 10.1 Å². The van der Waals surface area contributed by atoms with Crippen molar-refractivity contribution in [2.24, 2.45) is 0 Å². The Hall–Kier alpha value is -3.07. The minimum absolute atomic E-state index is 0.0262. The Labute approximate surface area is 154 Å². The van der Waals surface area contributed by atoms with E-state index >= 15 is 0 Å². The van der Waals surface area contributed by atoms with Crippen molar-refractivity contribution in [2.75, 3.05) is 11.9 Å². The maximum absolute atomic E-state index is 12.7. The van der Waals surface area contributed by atoms with Crippen molar-refractivity contribution in [2.45, 2.75) is 38.1 Å². The summed E-state index contributed by atoms with van der Waals surface area (Å²) in [6.07, 6.45) is 2.99. The van der Waals surface area contributed by atoms with Gasteiger partial charge in [0.05, 0.1) is 4.92 Å². The van der Waals surface area contributed by atoms with Crippen molar-refractivity contribution < 1.29 is 14.8 Å². The molecule has 1 aliphatic carbocycles. The quantitative estimate of drug-likeness (QED) is 0.611. The second-order valence-electron chi connectivity index (χ2n) is 6.67. The second-order valence-corrected chi connectivity index (χ2v) is 6.67. The number of hydrogen-bond donors (Lipinski definition) is 2. The Morgan fingerprint density at radius 2 is 2.22 bits per heavy atom. The summed E-state index contributed by atoms with van der Waals surface area (Å²) in [5.41, 5.74) is 2.02. The monoisotopic (exact) mass is 369 g/mol. The first kappa shape index (κ1) is 17.3. The number of non-ortho nitro benzene ring substituents is 1. The summed E-state index contributed by atoms with van der Waals surface area (Å²) in [7, 11) is 0. The van der Waals surface area contributed by atoms with Crippen LogP contribution in [0, 0.1) is 10.1 Å². The number of ketones is 1. The summed E-state index contributed by atoms with van der Waals surface area (Å²) in [5.74, 6) is 1.11. The van der Waals surface area contributed by atoms with Gasteiger partial charge >= 0.3 is 0 Å². The molecule has 140 valence electrons. The molecule has 9 nitrogen and oxygen atoms in total. The fourth-order valence-electron chi connectivity index (χ4n) is 3.66. The first-order valence-corrected chi connectivity index (χ1v) is 8.92. The third-order valence-corrected chi connectivity index (χ3v) is 4.87. The molecule has 0 bridgehead atoms. The maximum atomic E-state index is 12.7. The topological polar surface area (TPSA) is 123 Å². The predicted octanol–water partition coefficient (Wildman–Crippen LogP) is 2.13. The number of Topliss-reactive ketones (excluding diaryl/α,β-unsaturated/α-hetero) is 1. The van der Waals surface area contributed by atoms with Gasteiger partial charge in [0.15, 0.2) is 11.6 Å². The van der Waals surface area contributed by atoms with Crippen LogP contribution in [0.15, 0.2) is 35.5 Å². The average molecular weight is 369 g/mol. The van der Waals surface area contributed by atoms with Crippen molar-refractivity contribution in [1.82, 2.24) is 14.8 Å². The summed E-state index contributed by atoms with van der Waals surface area (Å²) >= 11 is 0. The van der Waals surface area contributed by atoms with Gasteiger partial charge < -0.3 is 10.4 Å². The zero-order valence-corrected chi connectivity index (χ0v) is 14.6. The molecule has 1 aliphatic heterocycles. The third kappa shape index (κ3) is 3.10. The molecule has 0 amide bonds. The van der Waals surface area contributed by atoms with Gasteiger partial charge in [0.25, 0.3) is 5.69 Å². The lowest BCUT2D eigenvalue weighted by Crippen LogP contribution is -2.31. The predicted molar refractivity (Wildman–Crippen MR) is 96.2 cm³/mol. The van der Waals surface area contributed by atoms with E-state index < -0.39 is 11.0 Å². The van der Waals surface area contributed by atoms with Crippen LogP contribution in [0.1, 0.15) is 43.1 Å². The molecule has 9 heteroatoms. The number of carbonyl (C=O) groups is 1. The number of hydrogen-bond acceptors (Lipinski definition) is 7. The molecule has 0 saturated heterocycles. The lowest BCUT2D eigenvalue weighted by molar-refractivity contribution is -0.384. The van der Waals surface area contributed by atoms with Gasteiger partial charge in [-0.3, -0.25) is 14.9 Å². The number of aliphatic hydroxyl groups is 1. The number of aromatic nitrogens is 3. The van der Waals surface area contributed by atoms with Gasteiger partial charge in [0, 0.05) is 42.9 Å². The summed E-state index contributed by atoms with van der Waals surface area (Å²) in [4.78, 5) is 27.9. The number of anilines is 1. The van der Waals surface area contributed by atoms with E-state index in [1.54, 1.807) is 16.8 Å². The zero-order chi connectivity index (χ0) is 19.0. The number of allylic oxidation sites excluding steroid dienone is 2. The Morgan fingerprint density at radius 3 is 3.00 bits per heavy atom. The average Bonchev–Trinajstić information content (AvgIpc) is 3.07. The van der Waals surface area contributed by atoms with Crippen molar-refractivity contribution in [3.8, 4) is 0 Å². The van der Waals surface area contributed by atoms with E-state index in [0.29, 0.717) is 42.2 Å². The highest BCUT2D eigenvalue weighted by molar-refractivity contribution is 5.99. The number of nitrogens with one attached hydrogen (secondary N) is 1. The number of rotatable bonds is 5. The maximum Gasteiger partial charge on any atom is 0.269 e. The summed E-state index contributed by atoms with van der Waals surface area (Å²) in [5, 5.41) is 28.0. The van der Waals surface area contributed by atoms with Gasteiger partial charge in [-0.05, 0) is 24.8 Å². The van der Waals surface area contributed by atoms with E-state index in [0.717, 1.165) is 18.5 Å². The van der Waals surface area contributed by atoms with Gasteiger partial charge in [-0.25, -0.2) is 4.68 Å². The van der Waals surface area contributed by atoms with Crippen molar-refractivity contribution >= 4 is 17.4 Å². The molecule has 0 spiro atoms. The van der Waals surface area contributed by atoms with Crippen LogP contribution in [0.2, 0.25) is 0 Å². The molecule has 2 heterocycles. The highest BCUT2D eigenvalue weighted by Gasteiger charge is 2.37. The normalized spacial score (nSPS) is 18.7. The SMILES string of the molecule is O=C1CCCC2=C1C(c1cccc([N+](=O)[O-])c1)n1nc(CCCO)nc1N2. The number of nitrogens with zero attached hydrogens (tertiary/aromatic N) is 4. The third-order valence-electron chi connectivity index (χ3n) is 4.87. The van der Waals surface area contributed by atoms with Crippen LogP contribution >= 0.6 is 0 Å². The van der Waals surface area contributed by atoms with Crippen LogP contribution in [0.3, 0.4) is 0 Å². The zero-order valence-electron chi connectivity index (χ0n) is 14.6. The van der Waals surface area contributed by atoms with E-state index in [1.807, 2.05) is 0 Å². The minimum Gasteiger partial charge on any atom is -0.396 e. The fraction of sp³-hybridized carbons (Fsp3) is 0.389. The van der Waals surface area contributed by atoms with E-state index in [4.69, 9.17) is 5.11 Å². The van der Waals surface area contributed by atoms with Crippen LogP contribution in [0.25, 0.3) is 0 Å². The lowest BCUT2D eigenvalue weighted by Gasteiger charge is -2.32. The summed E-state index contributed by atoms with van der Waals surface area (Å²) in [6, 6.07) is 5.76. The molecular formula is C18H19N5O4. The molecule has 1 aromatic heterocycles. The molecule has 2 aliphatic rings. The van der Waals surface area contributed by atoms with E-state index in [-0.39, 0.29) is 18.1 Å². The number of nitro benzene ring substituents is 1. The standard InChI is InChI=1S/C18H19N5O4/c24-9-3-8-15-20-18-19-13-6-2-7-14(25)16(13)17(22(18)21-15)11-4-1-5-12(10-11)23(26)27/h1,4-5,10,17,24H,2-3,6-9H2,(H,19,20,21). The molecule has 1 aromatic carbocycles. The number of benzene rings is 1. The lowest BCUT2D eigenvalue weighted by atomic mass is 9.85. The van der Waals surface area contributed by atoms with E-state index in [9.17, 15) is 14.9 Å². The molecule has 0 radical (unpaired) electrons. The number of carbonyl (C=O) groups excluding carboxylic acids is 1. The fourth-order valence-corrected chi connectivity index (χ4v) is 3.66. The number of fused-ring (bicyclic) bond motifs is 1. The highest BCUT2D eigenvalue weighted by atomic mass is 16.6. The first-order chi connectivity index (χ1) is 13.1. The largest absolute Gasteiger partial charge is 0.396 e. The van der Waals surface area contributed by atoms with Crippen LogP contribution < -0.4 is 5.32 Å². The van der Waals surface area contributed by atoms with Crippen LogP contribution in [-0.4, -0.2) is 37.2 Å². The molecule has 0 saturated carbocycles. The Balaban J connectivity index is 1.84. The van der Waals surface area contributed by atoms with Gasteiger partial charge in [0.2, 0.25) is 5.95 Å². The Kier molecular flexibility index (Phi) is 4.44. The van der Waals surface area contributed by atoms with Crippen molar-refractivity contribution in [3.63, 3.8) is 0 Å². The first-order valence-electron chi connectivity index (χ1n) is 8.92. The number of aliphatic hydroxyl groups excluding tert-OH is 1. The molecule has 0 fully saturated rings. The molecule has 1 unspecified atom stereocenters. The van der Waals surface area contributed by atoms with E-state index in [1.165, 1.54) is 12.1 Å². The van der Waals surface area contributed by atoms with Gasteiger partial charge in [-0.15, -0.1) is 0 Å². The minimum atomic E-state index is -0.542. The Morgan fingerprint density at radius 1 is 1.37 bits per heavy atom. The number of nitro groups is 1. The van der Waals surface area contributed by atoms with Gasteiger partial charge in [0.1, 0.15) is 6.04 Å². The smallest absolute Gasteiger partial charge is 0.269 e. The molecule has 27 heavy (non-hydrogen) atoms. The van der Waals surface area contributed by atoms with Crippen LogP contribution in [0.4, 0.5) is 11.6 Å². The van der Waals surface area contributed by atoms with Crippen molar-refractivity contribution in [3.05, 3.63) is 57.0 Å². The highest BCUT2D eigenvalue weighted by Crippen LogP contribution is 2.40. The van der Waals surface area contributed by atoms with E-state index in [2.05, 4.69) is 15.4 Å². The van der Waals surface area contributed by atoms with Crippen molar-refractivity contribution in [1.29, 1.82) is 0 Å². The van der Waals surface area contributed by atoms with Crippen LogP contribution in [0.5, 0.6) is 0 Å². The molecular weight excluding hydrogens is 350 g/mol. The number of aryl methyl sites for hydroxylation is 1. The van der Waals surface area contributed by atoms with Crippen LogP contribution in [-0.2, 0) is 11.2 Å². The molecule has 2 aromatic rings. The Bertz CT molecular complexity index is 949. The molecule has 4 rings (SSSR count). The second kappa shape index (κ2) is 6.92. The van der Waals surface area contributed by atoms with Gasteiger partial charge in [-0.1, -0.05) is 12.1 Å². The summed E-state index contributed by atoms with van der Waals surface area (Å²) in [6.45, 7) is 0.0405. The molecule has 1 atom stereocenters.